The number of aromatic nitrogens is 1. The van der Waals surface area contributed by atoms with Crippen LogP contribution in [0.15, 0.2) is 41.1 Å². The third kappa shape index (κ3) is 2.41. The maximum atomic E-state index is 11.6. The molecule has 0 saturated heterocycles. The Morgan fingerprint density at radius 1 is 1.44 bits per heavy atom. The van der Waals surface area contributed by atoms with Crippen molar-refractivity contribution in [3.63, 3.8) is 0 Å². The number of hydrogen-bond donors (Lipinski definition) is 0. The van der Waals surface area contributed by atoms with E-state index >= 15 is 0 Å². The largest absolute Gasteiger partial charge is 0.466 e. The van der Waals surface area contributed by atoms with E-state index in [0.29, 0.717) is 5.76 Å². The number of rotatable bonds is 3. The molecule has 82 valence electrons. The first-order chi connectivity index (χ1) is 7.77. The normalized spacial score (nSPS) is 10.1. The van der Waals surface area contributed by atoms with Gasteiger partial charge >= 0.3 is 5.97 Å². The Morgan fingerprint density at radius 3 is 3.00 bits per heavy atom. The van der Waals surface area contributed by atoms with Crippen LogP contribution in [-0.4, -0.2) is 11.0 Å². The molecule has 16 heavy (non-hydrogen) atoms. The van der Waals surface area contributed by atoms with Gasteiger partial charge in [0, 0.05) is 6.20 Å². The Hall–Kier alpha value is -1.81. The van der Waals surface area contributed by atoms with E-state index in [1.165, 1.54) is 12.5 Å². The molecule has 0 aliphatic heterocycles. The highest BCUT2D eigenvalue weighted by Gasteiger charge is 2.12. The van der Waals surface area contributed by atoms with Gasteiger partial charge in [-0.2, -0.15) is 0 Å². The molecule has 2 aromatic heterocycles. The maximum Gasteiger partial charge on any atom is 0.341 e. The molecule has 2 rings (SSSR count). The van der Waals surface area contributed by atoms with Crippen molar-refractivity contribution in [1.29, 1.82) is 0 Å². The molecule has 0 unspecified atom stereocenters. The Morgan fingerprint density at radius 2 is 2.31 bits per heavy atom. The Labute approximate surface area is 96.8 Å². The summed E-state index contributed by atoms with van der Waals surface area (Å²) in [4.78, 5) is 15.4. The van der Waals surface area contributed by atoms with Crippen molar-refractivity contribution in [2.24, 2.45) is 0 Å². The van der Waals surface area contributed by atoms with E-state index in [0.717, 1.165) is 0 Å². The van der Waals surface area contributed by atoms with Gasteiger partial charge in [0.1, 0.15) is 17.5 Å². The van der Waals surface area contributed by atoms with Crippen LogP contribution in [0.1, 0.15) is 16.1 Å². The standard InChI is InChI=1S/C11H8ClNO3/c12-10-9(4-1-5-13-10)11(14)16-7-8-3-2-6-15-8/h1-6H,7H2. The van der Waals surface area contributed by atoms with Gasteiger partial charge in [0.15, 0.2) is 0 Å². The maximum absolute atomic E-state index is 11.6. The average molecular weight is 238 g/mol. The molecule has 0 aliphatic rings. The monoisotopic (exact) mass is 237 g/mol. The van der Waals surface area contributed by atoms with E-state index in [9.17, 15) is 4.79 Å². The second-order valence-corrected chi connectivity index (χ2v) is 3.36. The minimum Gasteiger partial charge on any atom is -0.466 e. The van der Waals surface area contributed by atoms with E-state index in [-0.39, 0.29) is 17.3 Å². The molecule has 2 aromatic rings. The van der Waals surface area contributed by atoms with E-state index in [1.54, 1.807) is 24.3 Å². The van der Waals surface area contributed by atoms with Crippen molar-refractivity contribution in [1.82, 2.24) is 4.98 Å². The highest BCUT2D eigenvalue weighted by Crippen LogP contribution is 2.13. The van der Waals surface area contributed by atoms with Crippen molar-refractivity contribution in [2.75, 3.05) is 0 Å². The molecule has 0 amide bonds. The van der Waals surface area contributed by atoms with Crippen LogP contribution in [0.3, 0.4) is 0 Å². The van der Waals surface area contributed by atoms with Crippen molar-refractivity contribution in [3.8, 4) is 0 Å². The quantitative estimate of drug-likeness (QED) is 0.608. The highest BCUT2D eigenvalue weighted by molar-refractivity contribution is 6.32. The van der Waals surface area contributed by atoms with Gasteiger partial charge < -0.3 is 9.15 Å². The number of carbonyl (C=O) groups excluding carboxylic acids is 1. The summed E-state index contributed by atoms with van der Waals surface area (Å²) >= 11 is 5.74. The van der Waals surface area contributed by atoms with Gasteiger partial charge in [0.25, 0.3) is 0 Å². The van der Waals surface area contributed by atoms with Crippen LogP contribution in [-0.2, 0) is 11.3 Å². The Bertz CT molecular complexity index is 482. The fraction of sp³-hybridized carbons (Fsp3) is 0.0909. The van der Waals surface area contributed by atoms with E-state index in [2.05, 4.69) is 4.98 Å². The zero-order chi connectivity index (χ0) is 11.4. The first kappa shape index (κ1) is 10.7. The molecule has 0 bridgehead atoms. The second-order valence-electron chi connectivity index (χ2n) is 3.00. The summed E-state index contributed by atoms with van der Waals surface area (Å²) in [5.74, 6) is 0.0582. The van der Waals surface area contributed by atoms with Crippen LogP contribution in [0.4, 0.5) is 0 Å². The van der Waals surface area contributed by atoms with Gasteiger partial charge in [-0.05, 0) is 24.3 Å². The van der Waals surface area contributed by atoms with Gasteiger partial charge in [-0.15, -0.1) is 0 Å². The fourth-order valence-corrected chi connectivity index (χ4v) is 1.34. The molecule has 2 heterocycles. The predicted molar refractivity (Wildman–Crippen MR) is 57.1 cm³/mol. The molecular formula is C11H8ClNO3. The first-order valence-electron chi connectivity index (χ1n) is 4.57. The predicted octanol–water partition coefficient (Wildman–Crippen LogP) is 2.69. The molecule has 0 saturated carbocycles. The van der Waals surface area contributed by atoms with Crippen LogP contribution in [0.5, 0.6) is 0 Å². The molecule has 0 aromatic carbocycles. The van der Waals surface area contributed by atoms with Crippen molar-refractivity contribution in [3.05, 3.63) is 53.2 Å². The topological polar surface area (TPSA) is 52.3 Å². The molecule has 0 radical (unpaired) electrons. The summed E-state index contributed by atoms with van der Waals surface area (Å²) in [7, 11) is 0. The zero-order valence-electron chi connectivity index (χ0n) is 8.22. The number of esters is 1. The summed E-state index contributed by atoms with van der Waals surface area (Å²) in [6.07, 6.45) is 3.02. The van der Waals surface area contributed by atoms with Crippen molar-refractivity contribution in [2.45, 2.75) is 6.61 Å². The van der Waals surface area contributed by atoms with Crippen molar-refractivity contribution < 1.29 is 13.9 Å². The third-order valence-corrected chi connectivity index (χ3v) is 2.21. The lowest BCUT2D eigenvalue weighted by Crippen LogP contribution is -2.06. The lowest BCUT2D eigenvalue weighted by Gasteiger charge is -2.03. The number of ether oxygens (including phenoxy) is 1. The van der Waals surface area contributed by atoms with Gasteiger partial charge in [0.2, 0.25) is 0 Å². The average Bonchev–Trinajstić information content (AvgIpc) is 2.79. The van der Waals surface area contributed by atoms with Crippen LogP contribution in [0.2, 0.25) is 5.15 Å². The summed E-state index contributed by atoms with van der Waals surface area (Å²) in [6, 6.07) is 6.62. The first-order valence-corrected chi connectivity index (χ1v) is 4.95. The number of nitrogens with zero attached hydrogens (tertiary/aromatic N) is 1. The molecule has 0 N–H and O–H groups in total. The molecule has 0 spiro atoms. The zero-order valence-corrected chi connectivity index (χ0v) is 8.98. The van der Waals surface area contributed by atoms with Gasteiger partial charge in [-0.1, -0.05) is 11.6 Å². The summed E-state index contributed by atoms with van der Waals surface area (Å²) in [5, 5.41) is 0.131. The lowest BCUT2D eigenvalue weighted by molar-refractivity contribution is 0.0445. The van der Waals surface area contributed by atoms with Gasteiger partial charge in [-0.25, -0.2) is 9.78 Å². The SMILES string of the molecule is O=C(OCc1ccco1)c1cccnc1Cl. The number of halogens is 1. The number of furan rings is 1. The fourth-order valence-electron chi connectivity index (χ4n) is 1.15. The molecule has 5 heteroatoms. The van der Waals surface area contributed by atoms with Gasteiger partial charge in [-0.3, -0.25) is 0 Å². The minimum absolute atomic E-state index is 0.0804. The van der Waals surface area contributed by atoms with Gasteiger partial charge in [0.05, 0.1) is 11.8 Å². The van der Waals surface area contributed by atoms with Crippen LogP contribution in [0.25, 0.3) is 0 Å². The molecule has 0 atom stereocenters. The molecule has 0 aliphatic carbocycles. The minimum atomic E-state index is -0.519. The van der Waals surface area contributed by atoms with Crippen LogP contribution in [0, 0.1) is 0 Å². The van der Waals surface area contributed by atoms with E-state index < -0.39 is 5.97 Å². The summed E-state index contributed by atoms with van der Waals surface area (Å²) < 4.78 is 10.0. The van der Waals surface area contributed by atoms with Crippen molar-refractivity contribution >= 4 is 17.6 Å². The molecular weight excluding hydrogens is 230 g/mol. The van der Waals surface area contributed by atoms with Crippen LogP contribution >= 0.6 is 11.6 Å². The number of carbonyl (C=O) groups is 1. The Kier molecular flexibility index (Phi) is 3.22. The molecule has 4 nitrogen and oxygen atoms in total. The van der Waals surface area contributed by atoms with E-state index in [4.69, 9.17) is 20.8 Å². The lowest BCUT2D eigenvalue weighted by atomic mass is 10.3. The second kappa shape index (κ2) is 4.81. The molecule has 0 fully saturated rings. The highest BCUT2D eigenvalue weighted by atomic mass is 35.5. The third-order valence-electron chi connectivity index (χ3n) is 1.90. The summed E-state index contributed by atoms with van der Waals surface area (Å²) in [5.41, 5.74) is 0.246. The van der Waals surface area contributed by atoms with Crippen LogP contribution < -0.4 is 0 Å². The van der Waals surface area contributed by atoms with E-state index in [1.807, 2.05) is 0 Å². The number of hydrogen-bond acceptors (Lipinski definition) is 4. The summed E-state index contributed by atoms with van der Waals surface area (Å²) in [6.45, 7) is 0.0804. The number of pyridine rings is 1. The smallest absolute Gasteiger partial charge is 0.341 e. The Balaban J connectivity index is 2.01.